The molecule has 2 unspecified atom stereocenters. The van der Waals surface area contributed by atoms with Gasteiger partial charge in [0.25, 0.3) is 0 Å². The minimum absolute atomic E-state index is 0.128. The van der Waals surface area contributed by atoms with Gasteiger partial charge in [-0.15, -0.1) is 0 Å². The lowest BCUT2D eigenvalue weighted by Crippen LogP contribution is -2.31. The van der Waals surface area contributed by atoms with Gasteiger partial charge >= 0.3 is 0 Å². The van der Waals surface area contributed by atoms with Crippen molar-refractivity contribution in [1.29, 1.82) is 0 Å². The van der Waals surface area contributed by atoms with E-state index in [9.17, 15) is 4.39 Å². The van der Waals surface area contributed by atoms with Gasteiger partial charge in [0, 0.05) is 24.8 Å². The van der Waals surface area contributed by atoms with Gasteiger partial charge in [-0.2, -0.15) is 0 Å². The molecule has 2 rings (SSSR count). The maximum absolute atomic E-state index is 13.1. The molecule has 1 N–H and O–H groups in total. The van der Waals surface area contributed by atoms with Gasteiger partial charge in [-0.3, -0.25) is 4.98 Å². The van der Waals surface area contributed by atoms with Crippen molar-refractivity contribution >= 4 is 0 Å². The lowest BCUT2D eigenvalue weighted by molar-refractivity contribution is 0.0401. The van der Waals surface area contributed by atoms with Crippen LogP contribution in [0.2, 0.25) is 0 Å². The van der Waals surface area contributed by atoms with Gasteiger partial charge in [0.05, 0.1) is 12.8 Å². The topological polar surface area (TPSA) is 34.2 Å². The van der Waals surface area contributed by atoms with E-state index in [0.717, 1.165) is 31.6 Å². The standard InChI is InChI=1S/C12H17FN2O/c1-14-12(9-3-2-4-16-8-9)10-5-11(13)7-15-6-10/h5-7,9,12,14H,2-4,8H2,1H3. The first-order chi connectivity index (χ1) is 7.81. The third-order valence-corrected chi connectivity index (χ3v) is 3.06. The number of ether oxygens (including phenoxy) is 1. The Bertz CT molecular complexity index is 340. The SMILES string of the molecule is CNC(c1cncc(F)c1)C1CCCOC1. The van der Waals surface area contributed by atoms with Gasteiger partial charge in [-0.05, 0) is 31.5 Å². The first-order valence-corrected chi connectivity index (χ1v) is 5.66. The highest BCUT2D eigenvalue weighted by Gasteiger charge is 2.24. The second-order valence-electron chi connectivity index (χ2n) is 4.18. The van der Waals surface area contributed by atoms with Crippen LogP contribution in [-0.4, -0.2) is 25.2 Å². The van der Waals surface area contributed by atoms with Crippen molar-refractivity contribution in [3.05, 3.63) is 29.8 Å². The molecular formula is C12H17FN2O. The first kappa shape index (κ1) is 11.5. The minimum Gasteiger partial charge on any atom is -0.381 e. The molecule has 0 aliphatic carbocycles. The van der Waals surface area contributed by atoms with Crippen LogP contribution in [0.15, 0.2) is 18.5 Å². The van der Waals surface area contributed by atoms with E-state index in [1.807, 2.05) is 7.05 Å². The van der Waals surface area contributed by atoms with Crippen LogP contribution in [0.25, 0.3) is 0 Å². The third-order valence-electron chi connectivity index (χ3n) is 3.06. The van der Waals surface area contributed by atoms with E-state index in [-0.39, 0.29) is 11.9 Å². The van der Waals surface area contributed by atoms with E-state index < -0.39 is 0 Å². The maximum Gasteiger partial charge on any atom is 0.141 e. The molecule has 1 saturated heterocycles. The summed E-state index contributed by atoms with van der Waals surface area (Å²) in [5, 5.41) is 3.23. The monoisotopic (exact) mass is 224 g/mol. The molecule has 1 aromatic heterocycles. The fraction of sp³-hybridized carbons (Fsp3) is 0.583. The number of hydrogen-bond donors (Lipinski definition) is 1. The molecule has 2 heterocycles. The van der Waals surface area contributed by atoms with E-state index in [2.05, 4.69) is 10.3 Å². The molecular weight excluding hydrogens is 207 g/mol. The van der Waals surface area contributed by atoms with Gasteiger partial charge in [-0.1, -0.05) is 0 Å². The second-order valence-corrected chi connectivity index (χ2v) is 4.18. The fourth-order valence-electron chi connectivity index (χ4n) is 2.30. The number of rotatable bonds is 3. The van der Waals surface area contributed by atoms with Crippen LogP contribution in [0, 0.1) is 11.7 Å². The molecule has 1 aliphatic heterocycles. The number of hydrogen-bond acceptors (Lipinski definition) is 3. The Morgan fingerprint density at radius 1 is 1.56 bits per heavy atom. The number of halogens is 1. The molecule has 0 saturated carbocycles. The highest BCUT2D eigenvalue weighted by Crippen LogP contribution is 2.28. The zero-order valence-corrected chi connectivity index (χ0v) is 9.45. The summed E-state index contributed by atoms with van der Waals surface area (Å²) in [6, 6.07) is 1.67. The molecule has 0 amide bonds. The van der Waals surface area contributed by atoms with Crippen molar-refractivity contribution in [1.82, 2.24) is 10.3 Å². The molecule has 88 valence electrons. The van der Waals surface area contributed by atoms with Crippen LogP contribution < -0.4 is 5.32 Å². The van der Waals surface area contributed by atoms with Crippen LogP contribution in [0.4, 0.5) is 4.39 Å². The Balaban J connectivity index is 2.14. The van der Waals surface area contributed by atoms with Crippen LogP contribution in [0.1, 0.15) is 24.4 Å². The summed E-state index contributed by atoms with van der Waals surface area (Å²) in [6.45, 7) is 1.58. The quantitative estimate of drug-likeness (QED) is 0.851. The predicted molar refractivity (Wildman–Crippen MR) is 59.5 cm³/mol. The van der Waals surface area contributed by atoms with Crippen LogP contribution in [-0.2, 0) is 4.74 Å². The van der Waals surface area contributed by atoms with Crippen molar-refractivity contribution in [2.75, 3.05) is 20.3 Å². The average Bonchev–Trinajstić information content (AvgIpc) is 2.31. The summed E-state index contributed by atoms with van der Waals surface area (Å²) in [4.78, 5) is 3.89. The second kappa shape index (κ2) is 5.37. The Morgan fingerprint density at radius 2 is 2.44 bits per heavy atom. The highest BCUT2D eigenvalue weighted by atomic mass is 19.1. The summed E-state index contributed by atoms with van der Waals surface area (Å²) in [7, 11) is 1.89. The van der Waals surface area contributed by atoms with Crippen molar-refractivity contribution in [2.24, 2.45) is 5.92 Å². The van der Waals surface area contributed by atoms with Crippen molar-refractivity contribution in [3.63, 3.8) is 0 Å². The Kier molecular flexibility index (Phi) is 3.85. The summed E-state index contributed by atoms with van der Waals surface area (Å²) in [6.07, 6.45) is 5.14. The zero-order valence-electron chi connectivity index (χ0n) is 9.45. The molecule has 0 radical (unpaired) electrons. The zero-order chi connectivity index (χ0) is 11.4. The molecule has 1 aliphatic rings. The molecule has 1 aromatic rings. The Morgan fingerprint density at radius 3 is 3.06 bits per heavy atom. The molecule has 16 heavy (non-hydrogen) atoms. The lowest BCUT2D eigenvalue weighted by Gasteiger charge is -2.30. The molecule has 2 atom stereocenters. The fourth-order valence-corrected chi connectivity index (χ4v) is 2.30. The lowest BCUT2D eigenvalue weighted by atomic mass is 9.89. The summed E-state index contributed by atoms with van der Waals surface area (Å²) in [5.41, 5.74) is 0.901. The summed E-state index contributed by atoms with van der Waals surface area (Å²) in [5.74, 6) is 0.122. The first-order valence-electron chi connectivity index (χ1n) is 5.66. The molecule has 0 spiro atoms. The van der Waals surface area contributed by atoms with Gasteiger partial charge in [0.1, 0.15) is 5.82 Å². The highest BCUT2D eigenvalue weighted by molar-refractivity contribution is 5.16. The third kappa shape index (κ3) is 2.57. The number of nitrogens with one attached hydrogen (secondary N) is 1. The van der Waals surface area contributed by atoms with Crippen LogP contribution >= 0.6 is 0 Å². The van der Waals surface area contributed by atoms with E-state index >= 15 is 0 Å². The van der Waals surface area contributed by atoms with Crippen molar-refractivity contribution < 1.29 is 9.13 Å². The van der Waals surface area contributed by atoms with Crippen molar-refractivity contribution in [3.8, 4) is 0 Å². The maximum atomic E-state index is 13.1. The van der Waals surface area contributed by atoms with Crippen molar-refractivity contribution in [2.45, 2.75) is 18.9 Å². The van der Waals surface area contributed by atoms with Gasteiger partial charge in [0.2, 0.25) is 0 Å². The molecule has 0 bridgehead atoms. The summed E-state index contributed by atoms with van der Waals surface area (Å²) < 4.78 is 18.6. The van der Waals surface area contributed by atoms with Gasteiger partial charge < -0.3 is 10.1 Å². The average molecular weight is 224 g/mol. The largest absolute Gasteiger partial charge is 0.381 e. The molecule has 4 heteroatoms. The number of aromatic nitrogens is 1. The number of pyridine rings is 1. The summed E-state index contributed by atoms with van der Waals surface area (Å²) >= 11 is 0. The Hall–Kier alpha value is -1.00. The smallest absolute Gasteiger partial charge is 0.141 e. The molecule has 0 aromatic carbocycles. The van der Waals surface area contributed by atoms with Gasteiger partial charge in [0.15, 0.2) is 0 Å². The van der Waals surface area contributed by atoms with Crippen LogP contribution in [0.5, 0.6) is 0 Å². The molecule has 3 nitrogen and oxygen atoms in total. The normalized spacial score (nSPS) is 23.0. The molecule has 1 fully saturated rings. The van der Waals surface area contributed by atoms with E-state index in [4.69, 9.17) is 4.74 Å². The van der Waals surface area contributed by atoms with E-state index in [1.54, 1.807) is 12.3 Å². The Labute approximate surface area is 95.0 Å². The van der Waals surface area contributed by atoms with E-state index in [0.29, 0.717) is 5.92 Å². The van der Waals surface area contributed by atoms with Gasteiger partial charge in [-0.25, -0.2) is 4.39 Å². The minimum atomic E-state index is -0.283. The predicted octanol–water partition coefficient (Wildman–Crippen LogP) is 1.91. The number of nitrogens with zero attached hydrogens (tertiary/aromatic N) is 1. The van der Waals surface area contributed by atoms with E-state index in [1.165, 1.54) is 6.20 Å². The van der Waals surface area contributed by atoms with Crippen LogP contribution in [0.3, 0.4) is 0 Å².